The van der Waals surface area contributed by atoms with E-state index in [-0.39, 0.29) is 0 Å². The van der Waals surface area contributed by atoms with E-state index in [1.165, 1.54) is 29.2 Å². The molecule has 1 amide bonds. The molecule has 1 aromatic carbocycles. The van der Waals surface area contributed by atoms with E-state index in [9.17, 15) is 14.0 Å². The molecule has 116 valence electrons. The second kappa shape index (κ2) is 6.09. The van der Waals surface area contributed by atoms with Gasteiger partial charge in [-0.15, -0.1) is 0 Å². The first kappa shape index (κ1) is 15.9. The number of amides is 1. The second-order valence-electron chi connectivity index (χ2n) is 5.02. The van der Waals surface area contributed by atoms with Gasteiger partial charge < -0.3 is 4.90 Å². The molecule has 22 heavy (non-hydrogen) atoms. The van der Waals surface area contributed by atoms with Crippen LogP contribution < -0.4 is 4.90 Å². The number of anilines is 1. The van der Waals surface area contributed by atoms with Gasteiger partial charge in [-0.2, -0.15) is 5.10 Å². The van der Waals surface area contributed by atoms with Crippen molar-refractivity contribution in [3.63, 3.8) is 0 Å². The van der Waals surface area contributed by atoms with E-state index < -0.39 is 17.5 Å². The number of hydrogen-bond donors (Lipinski definition) is 0. The first-order valence-electron chi connectivity index (χ1n) is 6.98. The number of likely N-dealkylation sites (N-methyl/N-ethyl adjacent to an activating group) is 1. The minimum Gasteiger partial charge on any atom is -0.306 e. The Morgan fingerprint density at radius 1 is 1.23 bits per heavy atom. The summed E-state index contributed by atoms with van der Waals surface area (Å²) in [6, 6.07) is 5.48. The molecule has 2 rings (SSSR count). The van der Waals surface area contributed by atoms with Crippen LogP contribution in [0.4, 0.5) is 10.1 Å². The quantitative estimate of drug-likeness (QED) is 0.644. The predicted octanol–water partition coefficient (Wildman–Crippen LogP) is 2.41. The number of hydrogen-bond acceptors (Lipinski definition) is 3. The molecule has 0 spiro atoms. The number of carbonyl (C=O) groups excluding carboxylic acids is 2. The van der Waals surface area contributed by atoms with Gasteiger partial charge in [0.1, 0.15) is 5.82 Å². The molecule has 5 nitrogen and oxygen atoms in total. The van der Waals surface area contributed by atoms with Crippen LogP contribution in [0.2, 0.25) is 0 Å². The average molecular weight is 303 g/mol. The van der Waals surface area contributed by atoms with Gasteiger partial charge in [0.05, 0.1) is 11.3 Å². The van der Waals surface area contributed by atoms with Crippen molar-refractivity contribution in [2.24, 2.45) is 7.05 Å². The number of benzene rings is 1. The maximum Gasteiger partial charge on any atom is 0.299 e. The Balaban J connectivity index is 2.36. The second-order valence-corrected chi connectivity index (χ2v) is 5.02. The summed E-state index contributed by atoms with van der Waals surface area (Å²) in [7, 11) is 1.72. The summed E-state index contributed by atoms with van der Waals surface area (Å²) in [6.45, 7) is 5.52. The fourth-order valence-electron chi connectivity index (χ4n) is 2.40. The average Bonchev–Trinajstić information content (AvgIpc) is 2.74. The van der Waals surface area contributed by atoms with E-state index in [4.69, 9.17) is 0 Å². The monoisotopic (exact) mass is 303 g/mol. The summed E-state index contributed by atoms with van der Waals surface area (Å²) in [5.41, 5.74) is 1.98. The largest absolute Gasteiger partial charge is 0.306 e. The molecule has 0 N–H and O–H groups in total. The van der Waals surface area contributed by atoms with E-state index in [1.54, 1.807) is 32.5 Å². The summed E-state index contributed by atoms with van der Waals surface area (Å²) in [6.07, 6.45) is 0. The summed E-state index contributed by atoms with van der Waals surface area (Å²) in [5, 5.41) is 4.16. The third kappa shape index (κ3) is 2.77. The molecule has 0 unspecified atom stereocenters. The lowest BCUT2D eigenvalue weighted by molar-refractivity contribution is -0.114. The molecular formula is C16H18FN3O2. The van der Waals surface area contributed by atoms with Crippen LogP contribution in [-0.4, -0.2) is 28.0 Å². The zero-order chi connectivity index (χ0) is 16.4. The highest BCUT2D eigenvalue weighted by atomic mass is 19.1. The standard InChI is InChI=1S/C16H18FN3O2/c1-5-20(13-8-6-12(17)7-9-13)16(22)15(21)14-10(2)18-19(4)11(14)3/h6-9H,5H2,1-4H3. The fourth-order valence-corrected chi connectivity index (χ4v) is 2.40. The topological polar surface area (TPSA) is 55.2 Å². The number of carbonyl (C=O) groups is 2. The maximum absolute atomic E-state index is 13.0. The van der Waals surface area contributed by atoms with Crippen molar-refractivity contribution < 1.29 is 14.0 Å². The van der Waals surface area contributed by atoms with Gasteiger partial charge in [0, 0.05) is 25.0 Å². The van der Waals surface area contributed by atoms with Crippen LogP contribution in [-0.2, 0) is 11.8 Å². The van der Waals surface area contributed by atoms with Crippen LogP contribution in [0, 0.1) is 19.7 Å². The third-order valence-electron chi connectivity index (χ3n) is 3.63. The van der Waals surface area contributed by atoms with Crippen molar-refractivity contribution in [3.05, 3.63) is 47.0 Å². The van der Waals surface area contributed by atoms with Gasteiger partial charge in [-0.1, -0.05) is 0 Å². The number of ketones is 1. The summed E-state index contributed by atoms with van der Waals surface area (Å²) < 4.78 is 14.6. The van der Waals surface area contributed by atoms with E-state index in [2.05, 4.69) is 5.10 Å². The van der Waals surface area contributed by atoms with Crippen LogP contribution in [0.3, 0.4) is 0 Å². The Morgan fingerprint density at radius 2 is 1.82 bits per heavy atom. The van der Waals surface area contributed by atoms with Crippen molar-refractivity contribution >= 4 is 17.4 Å². The fraction of sp³-hybridized carbons (Fsp3) is 0.312. The zero-order valence-electron chi connectivity index (χ0n) is 13.1. The molecule has 2 aromatic rings. The Labute approximate surface area is 128 Å². The van der Waals surface area contributed by atoms with E-state index >= 15 is 0 Å². The number of halogens is 1. The molecule has 0 fully saturated rings. The maximum atomic E-state index is 13.0. The van der Waals surface area contributed by atoms with Crippen molar-refractivity contribution in [2.45, 2.75) is 20.8 Å². The first-order valence-corrected chi connectivity index (χ1v) is 6.98. The SMILES string of the molecule is CCN(C(=O)C(=O)c1c(C)nn(C)c1C)c1ccc(F)cc1. The minimum absolute atomic E-state index is 0.314. The molecule has 0 aliphatic rings. The van der Waals surface area contributed by atoms with Gasteiger partial charge in [-0.3, -0.25) is 14.3 Å². The van der Waals surface area contributed by atoms with E-state index in [0.29, 0.717) is 29.2 Å². The predicted molar refractivity (Wildman–Crippen MR) is 81.4 cm³/mol. The molecule has 0 bridgehead atoms. The third-order valence-corrected chi connectivity index (χ3v) is 3.63. The molecule has 6 heteroatoms. The molecule has 0 saturated heterocycles. The van der Waals surface area contributed by atoms with Gasteiger partial charge in [0.2, 0.25) is 0 Å². The first-order chi connectivity index (χ1) is 10.4. The Morgan fingerprint density at radius 3 is 2.27 bits per heavy atom. The molecular weight excluding hydrogens is 285 g/mol. The van der Waals surface area contributed by atoms with Crippen molar-refractivity contribution in [2.75, 3.05) is 11.4 Å². The van der Waals surface area contributed by atoms with Gasteiger partial charge in [0.15, 0.2) is 0 Å². The molecule has 1 heterocycles. The van der Waals surface area contributed by atoms with E-state index in [0.717, 1.165) is 0 Å². The summed E-state index contributed by atoms with van der Waals surface area (Å²) in [4.78, 5) is 26.4. The number of rotatable bonds is 4. The Kier molecular flexibility index (Phi) is 4.40. The number of aromatic nitrogens is 2. The van der Waals surface area contributed by atoms with E-state index in [1.807, 2.05) is 0 Å². The zero-order valence-corrected chi connectivity index (χ0v) is 13.1. The highest BCUT2D eigenvalue weighted by Gasteiger charge is 2.28. The van der Waals surface area contributed by atoms with Gasteiger partial charge in [0.25, 0.3) is 11.7 Å². The summed E-state index contributed by atoms with van der Waals surface area (Å²) in [5.74, 6) is -1.64. The Bertz CT molecular complexity index is 720. The smallest absolute Gasteiger partial charge is 0.299 e. The molecule has 0 aliphatic carbocycles. The van der Waals surface area contributed by atoms with Crippen molar-refractivity contribution in [3.8, 4) is 0 Å². The highest BCUT2D eigenvalue weighted by molar-refractivity contribution is 6.47. The molecule has 0 aliphatic heterocycles. The number of Topliss-reactive ketones (excluding diaryl/α,β-unsaturated/α-hetero) is 1. The Hall–Kier alpha value is -2.50. The van der Waals surface area contributed by atoms with Gasteiger partial charge >= 0.3 is 0 Å². The lowest BCUT2D eigenvalue weighted by Crippen LogP contribution is -2.37. The highest BCUT2D eigenvalue weighted by Crippen LogP contribution is 2.19. The molecule has 0 radical (unpaired) electrons. The van der Waals surface area contributed by atoms with Gasteiger partial charge in [-0.25, -0.2) is 4.39 Å². The van der Waals surface area contributed by atoms with Crippen LogP contribution in [0.15, 0.2) is 24.3 Å². The summed E-state index contributed by atoms with van der Waals surface area (Å²) >= 11 is 0. The lowest BCUT2D eigenvalue weighted by Gasteiger charge is -2.20. The van der Waals surface area contributed by atoms with Crippen LogP contribution in [0.25, 0.3) is 0 Å². The van der Waals surface area contributed by atoms with Crippen LogP contribution in [0.5, 0.6) is 0 Å². The number of nitrogens with zero attached hydrogens (tertiary/aromatic N) is 3. The minimum atomic E-state index is -0.645. The normalized spacial score (nSPS) is 10.6. The van der Waals surface area contributed by atoms with Gasteiger partial charge in [-0.05, 0) is 45.0 Å². The van der Waals surface area contributed by atoms with Crippen LogP contribution in [0.1, 0.15) is 28.7 Å². The molecule has 1 aromatic heterocycles. The lowest BCUT2D eigenvalue weighted by atomic mass is 10.1. The number of aryl methyl sites for hydroxylation is 2. The van der Waals surface area contributed by atoms with Crippen LogP contribution >= 0.6 is 0 Å². The molecule has 0 atom stereocenters. The molecule has 0 saturated carbocycles. The van der Waals surface area contributed by atoms with Crippen molar-refractivity contribution in [1.29, 1.82) is 0 Å². The van der Waals surface area contributed by atoms with Crippen molar-refractivity contribution in [1.82, 2.24) is 9.78 Å².